The topological polar surface area (TPSA) is 23.6 Å². The fourth-order valence-corrected chi connectivity index (χ4v) is 3.94. The van der Waals surface area contributed by atoms with E-state index in [2.05, 4.69) is 29.2 Å². The summed E-state index contributed by atoms with van der Waals surface area (Å²) in [4.78, 5) is 16.8. The number of para-hydroxylation sites is 1. The van der Waals surface area contributed by atoms with Crippen LogP contribution in [-0.2, 0) is 11.2 Å². The number of rotatable bonds is 6. The molecule has 0 spiro atoms. The number of hydrogen-bond donors (Lipinski definition) is 0. The summed E-state index contributed by atoms with van der Waals surface area (Å²) < 4.78 is 14.5. The van der Waals surface area contributed by atoms with Gasteiger partial charge in [-0.25, -0.2) is 4.39 Å². The summed E-state index contributed by atoms with van der Waals surface area (Å²) in [6.07, 6.45) is 3.19. The molecule has 0 atom stereocenters. The lowest BCUT2D eigenvalue weighted by Crippen LogP contribution is -2.48. The largest absolute Gasteiger partial charge is 0.306 e. The minimum absolute atomic E-state index is 0.00550. The maximum absolute atomic E-state index is 14.5. The third-order valence-corrected chi connectivity index (χ3v) is 5.48. The van der Waals surface area contributed by atoms with E-state index in [1.165, 1.54) is 11.6 Å². The zero-order valence-corrected chi connectivity index (χ0v) is 16.3. The molecule has 0 aromatic heterocycles. The van der Waals surface area contributed by atoms with Crippen LogP contribution in [0.3, 0.4) is 0 Å². The van der Waals surface area contributed by atoms with Gasteiger partial charge in [0.1, 0.15) is 5.82 Å². The van der Waals surface area contributed by atoms with Gasteiger partial charge >= 0.3 is 0 Å². The van der Waals surface area contributed by atoms with E-state index in [4.69, 9.17) is 0 Å². The maximum Gasteiger partial charge on any atom is 0.227 e. The molecule has 2 aromatic rings. The fraction of sp³-hybridized carbons (Fsp3) is 0.435. The Labute approximate surface area is 161 Å². The van der Waals surface area contributed by atoms with Crippen molar-refractivity contribution in [1.82, 2.24) is 4.90 Å². The van der Waals surface area contributed by atoms with E-state index in [-0.39, 0.29) is 17.8 Å². The Morgan fingerprint density at radius 2 is 1.81 bits per heavy atom. The molecule has 0 unspecified atom stereocenters. The smallest absolute Gasteiger partial charge is 0.227 e. The predicted octanol–water partition coefficient (Wildman–Crippen LogP) is 4.58. The van der Waals surface area contributed by atoms with E-state index in [0.29, 0.717) is 12.1 Å². The Morgan fingerprint density at radius 1 is 1.11 bits per heavy atom. The number of piperidine rings is 1. The lowest BCUT2D eigenvalue weighted by Gasteiger charge is -2.39. The van der Waals surface area contributed by atoms with Crippen molar-refractivity contribution >= 4 is 11.6 Å². The SMILES string of the molecule is CCC(=O)N(c1c(C)cccc1F)C1CCN(CCc2ccccc2)CC1. The van der Waals surface area contributed by atoms with Crippen molar-refractivity contribution in [3.8, 4) is 0 Å². The molecular formula is C23H29FN2O. The number of aryl methyl sites for hydroxylation is 1. The van der Waals surface area contributed by atoms with Crippen LogP contribution in [0.15, 0.2) is 48.5 Å². The summed E-state index contributed by atoms with van der Waals surface area (Å²) in [6.45, 7) is 6.64. The first-order valence-corrected chi connectivity index (χ1v) is 9.93. The van der Waals surface area contributed by atoms with Gasteiger partial charge in [-0.05, 0) is 43.4 Å². The van der Waals surface area contributed by atoms with Crippen LogP contribution in [0.1, 0.15) is 37.3 Å². The molecule has 4 heteroatoms. The Kier molecular flexibility index (Phi) is 6.62. The highest BCUT2D eigenvalue weighted by Crippen LogP contribution is 2.30. The van der Waals surface area contributed by atoms with Crippen LogP contribution in [0.4, 0.5) is 10.1 Å². The number of carbonyl (C=O) groups is 1. The number of benzene rings is 2. The molecule has 1 fully saturated rings. The Morgan fingerprint density at radius 3 is 2.44 bits per heavy atom. The van der Waals surface area contributed by atoms with Gasteiger partial charge in [-0.1, -0.05) is 49.4 Å². The summed E-state index contributed by atoms with van der Waals surface area (Å²) in [5, 5.41) is 0. The van der Waals surface area contributed by atoms with Crippen molar-refractivity contribution in [1.29, 1.82) is 0 Å². The lowest BCUT2D eigenvalue weighted by atomic mass is 9.99. The number of carbonyl (C=O) groups excluding carboxylic acids is 1. The first-order chi connectivity index (χ1) is 13.1. The highest BCUT2D eigenvalue weighted by atomic mass is 19.1. The van der Waals surface area contributed by atoms with Gasteiger partial charge < -0.3 is 9.80 Å². The number of likely N-dealkylation sites (tertiary alicyclic amines) is 1. The van der Waals surface area contributed by atoms with E-state index in [1.54, 1.807) is 11.0 Å². The quantitative estimate of drug-likeness (QED) is 0.745. The summed E-state index contributed by atoms with van der Waals surface area (Å²) in [5.41, 5.74) is 2.64. The highest BCUT2D eigenvalue weighted by Gasteiger charge is 2.30. The third kappa shape index (κ3) is 4.75. The summed E-state index contributed by atoms with van der Waals surface area (Å²) in [5.74, 6) is -0.297. The number of hydrogen-bond acceptors (Lipinski definition) is 2. The molecule has 27 heavy (non-hydrogen) atoms. The average Bonchev–Trinajstić information content (AvgIpc) is 2.70. The van der Waals surface area contributed by atoms with Gasteiger partial charge in [0, 0.05) is 32.1 Å². The number of halogens is 1. The Hall–Kier alpha value is -2.20. The molecule has 2 aromatic carbocycles. The molecule has 0 radical (unpaired) electrons. The average molecular weight is 368 g/mol. The predicted molar refractivity (Wildman–Crippen MR) is 109 cm³/mol. The van der Waals surface area contributed by atoms with Crippen LogP contribution in [0.2, 0.25) is 0 Å². The Balaban J connectivity index is 1.65. The van der Waals surface area contributed by atoms with Gasteiger partial charge in [0.05, 0.1) is 5.69 Å². The molecule has 0 aliphatic carbocycles. The summed E-state index contributed by atoms with van der Waals surface area (Å²) >= 11 is 0. The molecule has 1 amide bonds. The van der Waals surface area contributed by atoms with E-state index in [0.717, 1.165) is 44.5 Å². The van der Waals surface area contributed by atoms with Crippen molar-refractivity contribution in [3.05, 3.63) is 65.5 Å². The van der Waals surface area contributed by atoms with Gasteiger partial charge in [-0.15, -0.1) is 0 Å². The molecule has 0 saturated carbocycles. The molecule has 1 heterocycles. The fourth-order valence-electron chi connectivity index (χ4n) is 3.94. The second kappa shape index (κ2) is 9.14. The van der Waals surface area contributed by atoms with Crippen molar-refractivity contribution in [2.75, 3.05) is 24.5 Å². The van der Waals surface area contributed by atoms with Gasteiger partial charge in [0.15, 0.2) is 0 Å². The molecule has 1 saturated heterocycles. The van der Waals surface area contributed by atoms with Crippen molar-refractivity contribution in [3.63, 3.8) is 0 Å². The van der Waals surface area contributed by atoms with Crippen LogP contribution in [0.5, 0.6) is 0 Å². The summed E-state index contributed by atoms with van der Waals surface area (Å²) in [7, 11) is 0. The van der Waals surface area contributed by atoms with E-state index >= 15 is 0 Å². The van der Waals surface area contributed by atoms with Crippen LogP contribution >= 0.6 is 0 Å². The first-order valence-electron chi connectivity index (χ1n) is 9.93. The van der Waals surface area contributed by atoms with E-state index < -0.39 is 0 Å². The Bertz CT molecular complexity index is 734. The molecule has 3 rings (SSSR count). The van der Waals surface area contributed by atoms with Gasteiger partial charge in [0.25, 0.3) is 0 Å². The standard InChI is InChI=1S/C23H29FN2O/c1-3-22(27)26(23-18(2)8-7-11-21(23)24)20-13-16-25(17-14-20)15-12-19-9-5-4-6-10-19/h4-11,20H,3,12-17H2,1-2H3. The van der Waals surface area contributed by atoms with Gasteiger partial charge in [-0.3, -0.25) is 4.79 Å². The molecule has 3 nitrogen and oxygen atoms in total. The molecular weight excluding hydrogens is 339 g/mol. The number of amides is 1. The minimum Gasteiger partial charge on any atom is -0.306 e. The zero-order chi connectivity index (χ0) is 19.2. The van der Waals surface area contributed by atoms with Crippen LogP contribution in [0.25, 0.3) is 0 Å². The van der Waals surface area contributed by atoms with Crippen LogP contribution in [-0.4, -0.2) is 36.5 Å². The lowest BCUT2D eigenvalue weighted by molar-refractivity contribution is -0.119. The second-order valence-corrected chi connectivity index (χ2v) is 7.33. The van der Waals surface area contributed by atoms with Gasteiger partial charge in [0.2, 0.25) is 5.91 Å². The highest BCUT2D eigenvalue weighted by molar-refractivity contribution is 5.94. The zero-order valence-electron chi connectivity index (χ0n) is 16.3. The van der Waals surface area contributed by atoms with E-state index in [9.17, 15) is 9.18 Å². The monoisotopic (exact) mass is 368 g/mol. The van der Waals surface area contributed by atoms with Crippen LogP contribution < -0.4 is 4.90 Å². The van der Waals surface area contributed by atoms with Crippen molar-refractivity contribution < 1.29 is 9.18 Å². The molecule has 0 bridgehead atoms. The normalized spacial score (nSPS) is 15.7. The minimum atomic E-state index is -0.302. The first kappa shape index (κ1) is 19.6. The second-order valence-electron chi connectivity index (χ2n) is 7.33. The third-order valence-electron chi connectivity index (χ3n) is 5.48. The molecule has 1 aliphatic rings. The van der Waals surface area contributed by atoms with Crippen molar-refractivity contribution in [2.45, 2.75) is 45.6 Å². The van der Waals surface area contributed by atoms with Gasteiger partial charge in [-0.2, -0.15) is 0 Å². The number of anilines is 1. The number of nitrogens with zero attached hydrogens (tertiary/aromatic N) is 2. The molecule has 0 N–H and O–H groups in total. The van der Waals surface area contributed by atoms with E-state index in [1.807, 2.05) is 26.0 Å². The maximum atomic E-state index is 14.5. The van der Waals surface area contributed by atoms with Crippen LogP contribution in [0, 0.1) is 12.7 Å². The molecule has 1 aliphatic heterocycles. The molecule has 144 valence electrons. The van der Waals surface area contributed by atoms with Crippen molar-refractivity contribution in [2.24, 2.45) is 0 Å². The summed E-state index contributed by atoms with van der Waals surface area (Å²) in [6, 6.07) is 15.6.